The van der Waals surface area contributed by atoms with Crippen molar-refractivity contribution in [3.8, 4) is 17.0 Å². The molecule has 1 aromatic heterocycles. The van der Waals surface area contributed by atoms with Crippen LogP contribution in [0.2, 0.25) is 0 Å². The second-order valence-electron chi connectivity index (χ2n) is 8.27. The minimum atomic E-state index is -0.275. The number of aryl methyl sites for hydroxylation is 2. The Kier molecular flexibility index (Phi) is 12.6. The summed E-state index contributed by atoms with van der Waals surface area (Å²) in [5, 5.41) is 0.989. The molecule has 2 aromatic carbocycles. The molecule has 36 heavy (non-hydrogen) atoms. The molecule has 3 rings (SSSR count). The van der Waals surface area contributed by atoms with Crippen LogP contribution in [0.25, 0.3) is 22.2 Å². The third-order valence-electron chi connectivity index (χ3n) is 5.93. The second-order valence-corrected chi connectivity index (χ2v) is 8.27. The monoisotopic (exact) mass is 494 g/mol. The van der Waals surface area contributed by atoms with E-state index in [2.05, 4.69) is 42.7 Å². The second kappa shape index (κ2) is 14.9. The fraction of sp³-hybridized carbons (Fsp3) is 0.433. The molecule has 0 aliphatic heterocycles. The Morgan fingerprint density at radius 2 is 1.67 bits per heavy atom. The summed E-state index contributed by atoms with van der Waals surface area (Å²) < 4.78 is 7.85. The lowest BCUT2D eigenvalue weighted by Gasteiger charge is -2.17. The molecule has 0 saturated carbocycles. The molecule has 3 aromatic rings. The van der Waals surface area contributed by atoms with Crippen LogP contribution in [-0.4, -0.2) is 47.1 Å². The van der Waals surface area contributed by atoms with Gasteiger partial charge in [0.05, 0.1) is 29.4 Å². The minimum Gasteiger partial charge on any atom is -0.494 e. The maximum Gasteiger partial charge on any atom is 0.210 e. The predicted octanol–water partition coefficient (Wildman–Crippen LogP) is 6.71. The van der Waals surface area contributed by atoms with Crippen LogP contribution in [0.15, 0.2) is 42.5 Å². The number of amides is 1. The Balaban J connectivity index is 0.000000458. The fourth-order valence-corrected chi connectivity index (χ4v) is 3.90. The highest BCUT2D eigenvalue weighted by Gasteiger charge is 2.21. The number of hydrogen-bond acceptors (Lipinski definition) is 4. The van der Waals surface area contributed by atoms with E-state index in [1.54, 1.807) is 27.8 Å². The highest BCUT2D eigenvalue weighted by atomic mass is 16.5. The van der Waals surface area contributed by atoms with Gasteiger partial charge in [-0.3, -0.25) is 14.4 Å². The van der Waals surface area contributed by atoms with Crippen LogP contribution in [0.3, 0.4) is 0 Å². The number of hydrogen-bond donors (Lipinski definition) is 0. The summed E-state index contributed by atoms with van der Waals surface area (Å²) in [4.78, 5) is 34.8. The van der Waals surface area contributed by atoms with E-state index in [-0.39, 0.29) is 17.6 Å². The van der Waals surface area contributed by atoms with E-state index in [1.165, 1.54) is 10.5 Å². The molecule has 0 saturated heterocycles. The molecular weight excluding hydrogens is 452 g/mol. The lowest BCUT2D eigenvalue weighted by Crippen LogP contribution is -2.34. The van der Waals surface area contributed by atoms with Gasteiger partial charge in [0.25, 0.3) is 0 Å². The lowest BCUT2D eigenvalue weighted by molar-refractivity contribution is -0.129. The molecule has 0 N–H and O–H groups in total. The largest absolute Gasteiger partial charge is 0.494 e. The van der Waals surface area contributed by atoms with E-state index >= 15 is 0 Å². The smallest absolute Gasteiger partial charge is 0.210 e. The van der Waals surface area contributed by atoms with E-state index in [1.807, 2.05) is 39.0 Å². The van der Waals surface area contributed by atoms with Crippen molar-refractivity contribution in [2.24, 2.45) is 0 Å². The third kappa shape index (κ3) is 7.30. The van der Waals surface area contributed by atoms with Gasteiger partial charge in [0, 0.05) is 31.5 Å². The van der Waals surface area contributed by atoms with Crippen LogP contribution in [0.4, 0.5) is 0 Å². The standard InChI is InChI=1S/C21H23NO2.C7H13NO2.C2H6/c1-5-22-19-13-17(24-6-2)11-12-18(19)20(15(4)23)21(22)16-9-7-14(3)8-10-16;1-4-7(10)6(2)8(3)5-9;1-2/h7-13H,5-6H2,1-4H3;5-6H,4H2,1-3H3;1-2H3. The van der Waals surface area contributed by atoms with Gasteiger partial charge < -0.3 is 14.2 Å². The Bertz CT molecular complexity index is 1150. The van der Waals surface area contributed by atoms with Crippen molar-refractivity contribution in [2.75, 3.05) is 13.7 Å². The van der Waals surface area contributed by atoms with E-state index < -0.39 is 0 Å². The van der Waals surface area contributed by atoms with Gasteiger partial charge in [-0.05, 0) is 52.3 Å². The molecule has 0 spiro atoms. The van der Waals surface area contributed by atoms with Crippen molar-refractivity contribution in [2.45, 2.75) is 74.4 Å². The van der Waals surface area contributed by atoms with Crippen LogP contribution in [0, 0.1) is 6.92 Å². The first kappa shape index (κ1) is 30.6. The Morgan fingerprint density at radius 3 is 2.14 bits per heavy atom. The highest BCUT2D eigenvalue weighted by Crippen LogP contribution is 2.36. The summed E-state index contributed by atoms with van der Waals surface area (Å²) in [5.41, 5.74) is 5.11. The van der Waals surface area contributed by atoms with Crippen molar-refractivity contribution < 1.29 is 19.1 Å². The molecule has 196 valence electrons. The zero-order chi connectivity index (χ0) is 27.4. The summed E-state index contributed by atoms with van der Waals surface area (Å²) in [6.45, 7) is 16.7. The summed E-state index contributed by atoms with van der Waals surface area (Å²) in [6.07, 6.45) is 1.15. The van der Waals surface area contributed by atoms with Crippen molar-refractivity contribution >= 4 is 28.9 Å². The van der Waals surface area contributed by atoms with Gasteiger partial charge in [0.1, 0.15) is 5.75 Å². The van der Waals surface area contributed by atoms with Crippen molar-refractivity contribution in [3.63, 3.8) is 0 Å². The average molecular weight is 495 g/mol. The average Bonchev–Trinajstić information content (AvgIpc) is 3.23. The minimum absolute atomic E-state index is 0.0898. The number of ketones is 2. The molecule has 6 heteroatoms. The molecule has 1 heterocycles. The number of rotatable bonds is 9. The maximum absolute atomic E-state index is 12.4. The number of benzene rings is 2. The number of likely N-dealkylation sites (N-methyl/N-ethyl adjacent to an activating group) is 1. The number of carbonyl (C=O) groups excluding carboxylic acids is 3. The predicted molar refractivity (Wildman–Crippen MR) is 149 cm³/mol. The first-order valence-electron chi connectivity index (χ1n) is 12.8. The summed E-state index contributed by atoms with van der Waals surface area (Å²) in [5.74, 6) is 1.02. The van der Waals surface area contributed by atoms with Crippen molar-refractivity contribution in [1.29, 1.82) is 0 Å². The van der Waals surface area contributed by atoms with Gasteiger partial charge in [-0.15, -0.1) is 0 Å². The number of carbonyl (C=O) groups is 3. The summed E-state index contributed by atoms with van der Waals surface area (Å²) in [6, 6.07) is 14.1. The molecule has 0 radical (unpaired) electrons. The fourth-order valence-electron chi connectivity index (χ4n) is 3.90. The molecule has 6 nitrogen and oxygen atoms in total. The summed E-state index contributed by atoms with van der Waals surface area (Å²) in [7, 11) is 1.60. The van der Waals surface area contributed by atoms with Gasteiger partial charge in [-0.2, -0.15) is 0 Å². The zero-order valence-electron chi connectivity index (χ0n) is 23.3. The normalized spacial score (nSPS) is 10.9. The number of aromatic nitrogens is 1. The van der Waals surface area contributed by atoms with Crippen LogP contribution in [0.5, 0.6) is 5.75 Å². The number of nitrogens with zero attached hydrogens (tertiary/aromatic N) is 2. The van der Waals surface area contributed by atoms with Crippen LogP contribution in [-0.2, 0) is 16.1 Å². The Hall–Kier alpha value is -3.41. The van der Waals surface area contributed by atoms with E-state index in [0.29, 0.717) is 19.4 Å². The number of ether oxygens (including phenoxy) is 1. The molecule has 0 bridgehead atoms. The van der Waals surface area contributed by atoms with E-state index in [9.17, 15) is 14.4 Å². The quantitative estimate of drug-likeness (QED) is 0.245. The summed E-state index contributed by atoms with van der Waals surface area (Å²) >= 11 is 0. The molecule has 1 amide bonds. The first-order chi connectivity index (χ1) is 17.2. The molecular formula is C30H42N2O4. The molecule has 0 aliphatic rings. The molecule has 0 fully saturated rings. The first-order valence-corrected chi connectivity index (χ1v) is 12.8. The topological polar surface area (TPSA) is 68.6 Å². The van der Waals surface area contributed by atoms with Crippen molar-refractivity contribution in [1.82, 2.24) is 9.47 Å². The van der Waals surface area contributed by atoms with E-state index in [4.69, 9.17) is 4.74 Å². The molecule has 1 atom stereocenters. The maximum atomic E-state index is 12.4. The number of Topliss-reactive ketones (excluding diaryl/α,β-unsaturated/α-hetero) is 2. The highest BCUT2D eigenvalue weighted by molar-refractivity contribution is 6.13. The zero-order valence-corrected chi connectivity index (χ0v) is 23.3. The van der Waals surface area contributed by atoms with Crippen LogP contribution >= 0.6 is 0 Å². The van der Waals surface area contributed by atoms with Crippen LogP contribution < -0.4 is 4.74 Å². The SMILES string of the molecule is CC.CCC(=O)C(C)N(C)C=O.CCOc1ccc2c(C(C)=O)c(-c3ccc(C)cc3)n(CC)c2c1. The lowest BCUT2D eigenvalue weighted by atomic mass is 10.0. The van der Waals surface area contributed by atoms with E-state index in [0.717, 1.165) is 40.0 Å². The molecule has 1 unspecified atom stereocenters. The third-order valence-corrected chi connectivity index (χ3v) is 5.93. The van der Waals surface area contributed by atoms with Gasteiger partial charge in [0.15, 0.2) is 11.6 Å². The van der Waals surface area contributed by atoms with Crippen LogP contribution in [0.1, 0.15) is 70.8 Å². The van der Waals surface area contributed by atoms with Crippen molar-refractivity contribution in [3.05, 3.63) is 53.6 Å². The van der Waals surface area contributed by atoms with Gasteiger partial charge in [0.2, 0.25) is 6.41 Å². The van der Waals surface area contributed by atoms with Gasteiger partial charge in [-0.1, -0.05) is 50.6 Å². The van der Waals surface area contributed by atoms with Gasteiger partial charge >= 0.3 is 0 Å². The number of fused-ring (bicyclic) bond motifs is 1. The Labute approximate surface area is 216 Å². The van der Waals surface area contributed by atoms with Gasteiger partial charge in [-0.25, -0.2) is 0 Å². The Morgan fingerprint density at radius 1 is 1.06 bits per heavy atom. The molecule has 0 aliphatic carbocycles.